The maximum atomic E-state index is 6.03. The third kappa shape index (κ3) is 2.76. The number of aromatic nitrogens is 2. The van der Waals surface area contributed by atoms with E-state index in [9.17, 15) is 0 Å². The first-order chi connectivity index (χ1) is 8.22. The van der Waals surface area contributed by atoms with Crippen molar-refractivity contribution in [1.29, 1.82) is 0 Å². The average Bonchev–Trinajstić information content (AvgIpc) is 2.72. The van der Waals surface area contributed by atoms with Crippen LogP contribution in [-0.2, 0) is 13.0 Å². The molecule has 3 nitrogen and oxygen atoms in total. The summed E-state index contributed by atoms with van der Waals surface area (Å²) < 4.78 is 0. The van der Waals surface area contributed by atoms with Crippen LogP contribution in [0.15, 0.2) is 17.8 Å². The molecule has 0 aliphatic carbocycles. The van der Waals surface area contributed by atoms with Crippen LogP contribution in [0.1, 0.15) is 22.9 Å². The van der Waals surface area contributed by atoms with Gasteiger partial charge in [0.1, 0.15) is 17.3 Å². The van der Waals surface area contributed by atoms with Crippen molar-refractivity contribution in [2.24, 2.45) is 0 Å². The van der Waals surface area contributed by atoms with Crippen molar-refractivity contribution >= 4 is 28.8 Å². The molecule has 0 bridgehead atoms. The van der Waals surface area contributed by atoms with Crippen molar-refractivity contribution in [3.63, 3.8) is 0 Å². The topological polar surface area (TPSA) is 37.8 Å². The van der Waals surface area contributed by atoms with Gasteiger partial charge in [0, 0.05) is 10.4 Å². The molecule has 0 unspecified atom stereocenters. The highest BCUT2D eigenvalue weighted by Gasteiger charge is 2.08. The van der Waals surface area contributed by atoms with Crippen LogP contribution in [0.25, 0.3) is 0 Å². The number of aryl methyl sites for hydroxylation is 1. The van der Waals surface area contributed by atoms with Gasteiger partial charge in [0.05, 0.1) is 6.54 Å². The van der Waals surface area contributed by atoms with Crippen molar-refractivity contribution in [3.05, 3.63) is 38.9 Å². The summed E-state index contributed by atoms with van der Waals surface area (Å²) in [6.07, 6.45) is 2.32. The third-order valence-electron chi connectivity index (χ3n) is 2.63. The minimum Gasteiger partial charge on any atom is -0.365 e. The van der Waals surface area contributed by atoms with Crippen LogP contribution in [-0.4, -0.2) is 9.97 Å². The van der Waals surface area contributed by atoms with Crippen molar-refractivity contribution in [2.75, 3.05) is 5.32 Å². The van der Waals surface area contributed by atoms with Gasteiger partial charge in [0.25, 0.3) is 0 Å². The third-order valence-corrected chi connectivity index (χ3v) is 3.98. The highest BCUT2D eigenvalue weighted by atomic mass is 35.5. The Labute approximate surface area is 110 Å². The molecule has 1 N–H and O–H groups in total. The van der Waals surface area contributed by atoms with E-state index >= 15 is 0 Å². The number of thiophene rings is 1. The van der Waals surface area contributed by atoms with Gasteiger partial charge in [-0.2, -0.15) is 0 Å². The Kier molecular flexibility index (Phi) is 3.97. The first kappa shape index (κ1) is 12.3. The molecule has 0 saturated heterocycles. The Morgan fingerprint density at radius 1 is 1.41 bits per heavy atom. The number of nitrogens with zero attached hydrogens (tertiary/aromatic N) is 2. The van der Waals surface area contributed by atoms with Gasteiger partial charge >= 0.3 is 0 Å². The molecule has 2 heterocycles. The molecule has 0 amide bonds. The molecule has 0 atom stereocenters. The van der Waals surface area contributed by atoms with Crippen LogP contribution >= 0.6 is 22.9 Å². The summed E-state index contributed by atoms with van der Waals surface area (Å²) in [6, 6.07) is 2.12. The summed E-state index contributed by atoms with van der Waals surface area (Å²) in [5.74, 6) is 0.834. The zero-order valence-corrected chi connectivity index (χ0v) is 11.4. The quantitative estimate of drug-likeness (QED) is 0.859. The lowest BCUT2D eigenvalue weighted by molar-refractivity contribution is 1.02. The van der Waals surface area contributed by atoms with Crippen LogP contribution in [0.2, 0.25) is 5.15 Å². The fourth-order valence-corrected chi connectivity index (χ4v) is 2.72. The predicted octanol–water partition coefficient (Wildman–Crippen LogP) is 3.67. The van der Waals surface area contributed by atoms with Crippen molar-refractivity contribution in [3.8, 4) is 0 Å². The second kappa shape index (κ2) is 5.47. The molecule has 0 radical (unpaired) electrons. The van der Waals surface area contributed by atoms with Crippen LogP contribution in [0, 0.1) is 6.92 Å². The summed E-state index contributed by atoms with van der Waals surface area (Å²) in [5, 5.41) is 5.96. The number of hydrogen-bond acceptors (Lipinski definition) is 4. The molecule has 2 rings (SSSR count). The van der Waals surface area contributed by atoms with Gasteiger partial charge in [-0.15, -0.1) is 11.3 Å². The van der Waals surface area contributed by atoms with E-state index in [-0.39, 0.29) is 0 Å². The second-order valence-electron chi connectivity index (χ2n) is 3.73. The number of anilines is 1. The summed E-state index contributed by atoms with van der Waals surface area (Å²) in [4.78, 5) is 9.55. The first-order valence-corrected chi connectivity index (χ1v) is 6.74. The second-order valence-corrected chi connectivity index (χ2v) is 5.08. The van der Waals surface area contributed by atoms with Crippen molar-refractivity contribution in [2.45, 2.75) is 26.8 Å². The molecule has 0 fully saturated rings. The van der Waals surface area contributed by atoms with Gasteiger partial charge in [-0.25, -0.2) is 9.97 Å². The lowest BCUT2D eigenvalue weighted by Gasteiger charge is -2.09. The molecule has 2 aromatic rings. The molecule has 0 spiro atoms. The zero-order valence-electron chi connectivity index (χ0n) is 9.83. The van der Waals surface area contributed by atoms with E-state index in [0.717, 1.165) is 24.3 Å². The maximum Gasteiger partial charge on any atom is 0.137 e. The maximum absolute atomic E-state index is 6.03. The van der Waals surface area contributed by atoms with Crippen LogP contribution < -0.4 is 5.32 Å². The Bertz CT molecular complexity index is 510. The van der Waals surface area contributed by atoms with E-state index in [0.29, 0.717) is 5.15 Å². The van der Waals surface area contributed by atoms with Crippen molar-refractivity contribution in [1.82, 2.24) is 9.97 Å². The van der Waals surface area contributed by atoms with E-state index in [1.165, 1.54) is 16.8 Å². The van der Waals surface area contributed by atoms with E-state index in [2.05, 4.69) is 33.7 Å². The minimum absolute atomic E-state index is 0.535. The zero-order chi connectivity index (χ0) is 12.3. The highest BCUT2D eigenvalue weighted by Crippen LogP contribution is 2.22. The normalized spacial score (nSPS) is 10.5. The smallest absolute Gasteiger partial charge is 0.137 e. The number of nitrogens with one attached hydrogen (secondary N) is 1. The van der Waals surface area contributed by atoms with Crippen LogP contribution in [0.3, 0.4) is 0 Å². The lowest BCUT2D eigenvalue weighted by Crippen LogP contribution is -2.05. The molecule has 5 heteroatoms. The summed E-state index contributed by atoms with van der Waals surface area (Å²) in [5.41, 5.74) is 2.28. The van der Waals surface area contributed by atoms with Crippen LogP contribution in [0.4, 0.5) is 5.82 Å². The molecule has 90 valence electrons. The molecular formula is C12H14ClN3S. The van der Waals surface area contributed by atoms with Gasteiger partial charge in [-0.1, -0.05) is 18.5 Å². The first-order valence-electron chi connectivity index (χ1n) is 5.48. The molecule has 0 aliphatic rings. The van der Waals surface area contributed by atoms with E-state index < -0.39 is 0 Å². The minimum atomic E-state index is 0.535. The summed E-state index contributed by atoms with van der Waals surface area (Å²) in [7, 11) is 0. The molecule has 17 heavy (non-hydrogen) atoms. The predicted molar refractivity (Wildman–Crippen MR) is 72.8 cm³/mol. The number of hydrogen-bond donors (Lipinski definition) is 1. The van der Waals surface area contributed by atoms with Gasteiger partial charge in [0.15, 0.2) is 0 Å². The SMILES string of the molecule is CCc1c(Cl)ncnc1NCc1sccc1C. The average molecular weight is 268 g/mol. The Balaban J connectivity index is 2.14. The van der Waals surface area contributed by atoms with Gasteiger partial charge in [-0.05, 0) is 30.4 Å². The molecule has 2 aromatic heterocycles. The van der Waals surface area contributed by atoms with Gasteiger partial charge < -0.3 is 5.32 Å². The largest absolute Gasteiger partial charge is 0.365 e. The van der Waals surface area contributed by atoms with Gasteiger partial charge in [-0.3, -0.25) is 0 Å². The van der Waals surface area contributed by atoms with Gasteiger partial charge in [0.2, 0.25) is 0 Å². The molecule has 0 aromatic carbocycles. The summed E-state index contributed by atoms with van der Waals surface area (Å²) >= 11 is 7.78. The Hall–Kier alpha value is -1.13. The fraction of sp³-hybridized carbons (Fsp3) is 0.333. The number of rotatable bonds is 4. The number of halogens is 1. The fourth-order valence-electron chi connectivity index (χ4n) is 1.61. The Morgan fingerprint density at radius 3 is 2.88 bits per heavy atom. The van der Waals surface area contributed by atoms with Crippen LogP contribution in [0.5, 0.6) is 0 Å². The molecule has 0 aliphatic heterocycles. The molecular weight excluding hydrogens is 254 g/mol. The standard InChI is InChI=1S/C12H14ClN3S/c1-3-9-11(13)15-7-16-12(9)14-6-10-8(2)4-5-17-10/h4-5,7H,3,6H2,1-2H3,(H,14,15,16). The highest BCUT2D eigenvalue weighted by molar-refractivity contribution is 7.10. The summed E-state index contributed by atoms with van der Waals surface area (Å²) in [6.45, 7) is 4.94. The van der Waals surface area contributed by atoms with E-state index in [1.54, 1.807) is 11.3 Å². The molecule has 0 saturated carbocycles. The van der Waals surface area contributed by atoms with Crippen molar-refractivity contribution < 1.29 is 0 Å². The lowest BCUT2D eigenvalue weighted by atomic mass is 10.2. The monoisotopic (exact) mass is 267 g/mol. The van der Waals surface area contributed by atoms with E-state index in [1.807, 2.05) is 6.92 Å². The Morgan fingerprint density at radius 2 is 2.24 bits per heavy atom. The van der Waals surface area contributed by atoms with E-state index in [4.69, 9.17) is 11.6 Å².